The van der Waals surface area contributed by atoms with Crippen LogP contribution in [0, 0.1) is 0 Å². The van der Waals surface area contributed by atoms with Crippen molar-refractivity contribution in [3.63, 3.8) is 0 Å². The van der Waals surface area contributed by atoms with Crippen molar-refractivity contribution in [3.05, 3.63) is 182 Å². The first kappa shape index (κ1) is 25.8. The van der Waals surface area contributed by atoms with Gasteiger partial charge in [-0.05, 0) is 76.9 Å². The first-order valence-corrected chi connectivity index (χ1v) is 15.0. The molecule has 0 saturated carbocycles. The topological polar surface area (TPSA) is 8.17 Å². The van der Waals surface area contributed by atoms with E-state index in [-0.39, 0.29) is 0 Å². The summed E-state index contributed by atoms with van der Waals surface area (Å²) in [6, 6.07) is 65.1. The Hall–Kier alpha value is -5.86. The quantitative estimate of drug-likeness (QED) is 0.196. The van der Waals surface area contributed by atoms with Crippen LogP contribution < -0.4 is 4.90 Å². The van der Waals surface area contributed by atoms with Crippen LogP contribution in [0.1, 0.15) is 0 Å². The summed E-state index contributed by atoms with van der Waals surface area (Å²) in [5.41, 5.74) is 11.7. The Morgan fingerprint density at radius 2 is 0.750 bits per heavy atom. The molecular weight excluding hydrogens is 532 g/mol. The summed E-state index contributed by atoms with van der Waals surface area (Å²) in [5, 5.41) is 2.47. The maximum absolute atomic E-state index is 2.42. The first-order chi connectivity index (χ1) is 21.8. The van der Waals surface area contributed by atoms with Gasteiger partial charge in [-0.25, -0.2) is 0 Å². The fourth-order valence-corrected chi connectivity index (χ4v) is 6.27. The Bertz CT molecular complexity index is 2140. The summed E-state index contributed by atoms with van der Waals surface area (Å²) in [6.45, 7) is 0. The zero-order valence-corrected chi connectivity index (χ0v) is 24.2. The van der Waals surface area contributed by atoms with Gasteiger partial charge in [0, 0.05) is 33.5 Å². The molecule has 0 spiro atoms. The highest BCUT2D eigenvalue weighted by atomic mass is 15.1. The minimum absolute atomic E-state index is 1.11. The molecule has 0 saturated heterocycles. The van der Waals surface area contributed by atoms with Crippen molar-refractivity contribution in [1.29, 1.82) is 0 Å². The van der Waals surface area contributed by atoms with Gasteiger partial charge in [0.25, 0.3) is 0 Å². The fraction of sp³-hybridized carbons (Fsp3) is 0. The van der Waals surface area contributed by atoms with Crippen molar-refractivity contribution < 1.29 is 0 Å². The molecule has 0 aliphatic heterocycles. The number of benzene rings is 7. The molecule has 2 nitrogen and oxygen atoms in total. The van der Waals surface area contributed by atoms with E-state index in [2.05, 4.69) is 191 Å². The molecule has 0 atom stereocenters. The summed E-state index contributed by atoms with van der Waals surface area (Å²) in [5.74, 6) is 0. The minimum Gasteiger partial charge on any atom is -0.310 e. The third kappa shape index (κ3) is 4.63. The van der Waals surface area contributed by atoms with Gasteiger partial charge in [0.1, 0.15) is 0 Å². The lowest BCUT2D eigenvalue weighted by Gasteiger charge is -2.25. The Kier molecular flexibility index (Phi) is 6.51. The zero-order chi connectivity index (χ0) is 29.3. The predicted octanol–water partition coefficient (Wildman–Crippen LogP) is 11.6. The van der Waals surface area contributed by atoms with Crippen LogP contribution in [0.3, 0.4) is 0 Å². The number of hydrogen-bond donors (Lipinski definition) is 0. The maximum Gasteiger partial charge on any atom is 0.0561 e. The lowest BCUT2D eigenvalue weighted by Crippen LogP contribution is -2.09. The number of fused-ring (bicyclic) bond motifs is 3. The molecule has 0 radical (unpaired) electrons. The Labute approximate surface area is 257 Å². The Balaban J connectivity index is 1.37. The molecule has 0 amide bonds. The highest BCUT2D eigenvalue weighted by Crippen LogP contribution is 2.40. The van der Waals surface area contributed by atoms with E-state index in [4.69, 9.17) is 0 Å². The van der Waals surface area contributed by atoms with Crippen LogP contribution in [-0.2, 0) is 0 Å². The maximum atomic E-state index is 2.42. The highest BCUT2D eigenvalue weighted by molar-refractivity contribution is 6.11. The largest absolute Gasteiger partial charge is 0.310 e. The summed E-state index contributed by atoms with van der Waals surface area (Å²) >= 11 is 0. The number of para-hydroxylation sites is 2. The summed E-state index contributed by atoms with van der Waals surface area (Å²) in [7, 11) is 0. The molecular formula is C42H30N2. The van der Waals surface area contributed by atoms with E-state index in [9.17, 15) is 0 Å². The highest BCUT2D eigenvalue weighted by Gasteiger charge is 2.18. The van der Waals surface area contributed by atoms with Crippen molar-refractivity contribution in [2.45, 2.75) is 0 Å². The van der Waals surface area contributed by atoms with E-state index in [1.165, 1.54) is 44.1 Å². The molecule has 208 valence electrons. The van der Waals surface area contributed by atoms with Gasteiger partial charge in [0.15, 0.2) is 0 Å². The number of nitrogens with zero attached hydrogens (tertiary/aromatic N) is 2. The molecule has 0 bridgehead atoms. The third-order valence-electron chi connectivity index (χ3n) is 8.38. The van der Waals surface area contributed by atoms with Crippen molar-refractivity contribution in [2.75, 3.05) is 4.90 Å². The second kappa shape index (κ2) is 11.1. The number of aromatic nitrogens is 1. The molecule has 1 aromatic heterocycles. The van der Waals surface area contributed by atoms with Gasteiger partial charge in [0.05, 0.1) is 11.0 Å². The van der Waals surface area contributed by atoms with Gasteiger partial charge >= 0.3 is 0 Å². The second-order valence-corrected chi connectivity index (χ2v) is 11.1. The molecule has 0 unspecified atom stereocenters. The molecule has 0 fully saturated rings. The lowest BCUT2D eigenvalue weighted by molar-refractivity contribution is 1.18. The van der Waals surface area contributed by atoms with Gasteiger partial charge in [-0.15, -0.1) is 0 Å². The van der Waals surface area contributed by atoms with Crippen LogP contribution in [0.2, 0.25) is 0 Å². The molecule has 8 aromatic rings. The predicted molar refractivity (Wildman–Crippen MR) is 186 cm³/mol. The van der Waals surface area contributed by atoms with Gasteiger partial charge in [-0.1, -0.05) is 127 Å². The SMILES string of the molecule is c1ccc(-c2ccc(-n3c4cc(-c5ccccc5)ccc4c4ccc(N(c5ccccc5)c5ccccc5)cc43)cc2)cc1. The Morgan fingerprint density at radius 3 is 1.32 bits per heavy atom. The van der Waals surface area contributed by atoms with Crippen molar-refractivity contribution in [2.24, 2.45) is 0 Å². The summed E-state index contributed by atoms with van der Waals surface area (Å²) in [6.07, 6.45) is 0. The normalized spacial score (nSPS) is 11.2. The summed E-state index contributed by atoms with van der Waals surface area (Å²) in [4.78, 5) is 2.33. The molecule has 7 aromatic carbocycles. The molecule has 2 heteroatoms. The van der Waals surface area contributed by atoms with Crippen LogP contribution in [0.5, 0.6) is 0 Å². The molecule has 0 aliphatic rings. The van der Waals surface area contributed by atoms with Gasteiger partial charge in [-0.2, -0.15) is 0 Å². The van der Waals surface area contributed by atoms with E-state index >= 15 is 0 Å². The van der Waals surface area contributed by atoms with Gasteiger partial charge in [-0.3, -0.25) is 0 Å². The molecule has 0 N–H and O–H groups in total. The molecule has 44 heavy (non-hydrogen) atoms. The van der Waals surface area contributed by atoms with Gasteiger partial charge in [0.2, 0.25) is 0 Å². The molecule has 0 aliphatic carbocycles. The van der Waals surface area contributed by atoms with Crippen molar-refractivity contribution in [1.82, 2.24) is 4.57 Å². The lowest BCUT2D eigenvalue weighted by atomic mass is 10.0. The van der Waals surface area contributed by atoms with Crippen LogP contribution in [-0.4, -0.2) is 4.57 Å². The smallest absolute Gasteiger partial charge is 0.0561 e. The molecule has 8 rings (SSSR count). The van der Waals surface area contributed by atoms with Crippen LogP contribution in [0.25, 0.3) is 49.7 Å². The van der Waals surface area contributed by atoms with Crippen LogP contribution in [0.15, 0.2) is 182 Å². The fourth-order valence-electron chi connectivity index (χ4n) is 6.27. The first-order valence-electron chi connectivity index (χ1n) is 15.0. The van der Waals surface area contributed by atoms with Crippen molar-refractivity contribution >= 4 is 38.9 Å². The summed E-state index contributed by atoms with van der Waals surface area (Å²) < 4.78 is 2.42. The monoisotopic (exact) mass is 562 g/mol. The van der Waals surface area contributed by atoms with Gasteiger partial charge < -0.3 is 9.47 Å². The van der Waals surface area contributed by atoms with Crippen LogP contribution >= 0.6 is 0 Å². The number of hydrogen-bond acceptors (Lipinski definition) is 1. The third-order valence-corrected chi connectivity index (χ3v) is 8.38. The average molecular weight is 563 g/mol. The van der Waals surface area contributed by atoms with Crippen molar-refractivity contribution in [3.8, 4) is 27.9 Å². The number of anilines is 3. The van der Waals surface area contributed by atoms with E-state index in [0.717, 1.165) is 22.7 Å². The van der Waals surface area contributed by atoms with E-state index in [1.807, 2.05) is 0 Å². The standard InChI is InChI=1S/C42H30N2/c1-5-13-31(14-6-1)33-21-24-37(25-22-33)44-41-29-34(32-15-7-2-8-16-32)23-27-39(41)40-28-26-38(30-42(40)44)43(35-17-9-3-10-18-35)36-19-11-4-12-20-36/h1-30H. The second-order valence-electron chi connectivity index (χ2n) is 11.1. The number of rotatable bonds is 6. The average Bonchev–Trinajstić information content (AvgIpc) is 3.43. The zero-order valence-electron chi connectivity index (χ0n) is 24.2. The van der Waals surface area contributed by atoms with Crippen LogP contribution in [0.4, 0.5) is 17.1 Å². The Morgan fingerprint density at radius 1 is 0.318 bits per heavy atom. The molecule has 1 heterocycles. The van der Waals surface area contributed by atoms with E-state index in [0.29, 0.717) is 0 Å². The van der Waals surface area contributed by atoms with E-state index < -0.39 is 0 Å². The van der Waals surface area contributed by atoms with E-state index in [1.54, 1.807) is 0 Å². The minimum atomic E-state index is 1.11.